The number of aliphatic hydroxyl groups is 1. The van der Waals surface area contributed by atoms with Gasteiger partial charge in [0, 0.05) is 11.6 Å². The maximum Gasteiger partial charge on any atom is 0.325 e. The summed E-state index contributed by atoms with van der Waals surface area (Å²) in [6, 6.07) is 2.19. The molecule has 1 saturated carbocycles. The van der Waals surface area contributed by atoms with Gasteiger partial charge in [-0.05, 0) is 25.3 Å². The summed E-state index contributed by atoms with van der Waals surface area (Å²) in [4.78, 5) is 24.9. The Balaban J connectivity index is 1.77. The average Bonchev–Trinajstić information content (AvgIpc) is 2.63. The number of nitrogens with one attached hydrogen (secondary N) is 1. The summed E-state index contributed by atoms with van der Waals surface area (Å²) in [5.41, 5.74) is -0.982. The number of hydrogen-bond donors (Lipinski definition) is 2. The second kappa shape index (κ2) is 4.77. The number of carbonyl (C=O) groups excluding carboxylic acids is 2. The van der Waals surface area contributed by atoms with E-state index in [4.69, 9.17) is 0 Å². The van der Waals surface area contributed by atoms with Crippen molar-refractivity contribution >= 4 is 11.9 Å². The molecule has 2 fully saturated rings. The molecule has 0 radical (unpaired) electrons. The SMILES string of the molecule is O=C1NC2(CCC2)C(=O)N1CC(O)c1ccc(F)cc1F. The number of benzene rings is 1. The van der Waals surface area contributed by atoms with Crippen LogP contribution in [0.25, 0.3) is 0 Å². The molecule has 1 aliphatic heterocycles. The smallest absolute Gasteiger partial charge is 0.325 e. The Hall–Kier alpha value is -2.02. The zero-order chi connectivity index (χ0) is 15.2. The first-order valence-corrected chi connectivity index (χ1v) is 6.70. The molecular weight excluding hydrogens is 282 g/mol. The molecule has 7 heteroatoms. The van der Waals surface area contributed by atoms with Crippen LogP contribution in [-0.2, 0) is 4.79 Å². The average molecular weight is 296 g/mol. The van der Waals surface area contributed by atoms with Crippen LogP contribution in [0.5, 0.6) is 0 Å². The highest BCUT2D eigenvalue weighted by molar-refractivity contribution is 6.07. The minimum absolute atomic E-state index is 0.147. The van der Waals surface area contributed by atoms with Gasteiger partial charge in [-0.1, -0.05) is 6.07 Å². The zero-order valence-electron chi connectivity index (χ0n) is 11.1. The fourth-order valence-corrected chi connectivity index (χ4v) is 2.75. The number of hydrogen-bond acceptors (Lipinski definition) is 3. The Morgan fingerprint density at radius 3 is 2.57 bits per heavy atom. The molecule has 1 aliphatic carbocycles. The van der Waals surface area contributed by atoms with Gasteiger partial charge >= 0.3 is 6.03 Å². The molecule has 5 nitrogen and oxygen atoms in total. The van der Waals surface area contributed by atoms with Gasteiger partial charge in [0.05, 0.1) is 12.6 Å². The minimum atomic E-state index is -1.39. The first kappa shape index (κ1) is 13.9. The van der Waals surface area contributed by atoms with E-state index in [9.17, 15) is 23.5 Å². The number of rotatable bonds is 3. The van der Waals surface area contributed by atoms with E-state index in [1.165, 1.54) is 0 Å². The molecule has 21 heavy (non-hydrogen) atoms. The molecule has 3 amide bonds. The molecule has 1 unspecified atom stereocenters. The molecular formula is C14H14F2N2O3. The normalized spacial score (nSPS) is 21.4. The van der Waals surface area contributed by atoms with Gasteiger partial charge < -0.3 is 10.4 Å². The molecule has 112 valence electrons. The summed E-state index contributed by atoms with van der Waals surface area (Å²) in [5.74, 6) is -2.06. The Labute approximate surface area is 119 Å². The van der Waals surface area contributed by atoms with Crippen molar-refractivity contribution in [2.24, 2.45) is 0 Å². The standard InChI is InChI=1S/C14H14F2N2O3/c15-8-2-3-9(10(16)6-8)11(19)7-18-12(20)14(4-1-5-14)17-13(18)21/h2-3,6,11,19H,1,4-5,7H2,(H,17,21). The number of imide groups is 1. The van der Waals surface area contributed by atoms with Crippen LogP contribution in [0.4, 0.5) is 13.6 Å². The predicted octanol–water partition coefficient (Wildman–Crippen LogP) is 1.47. The lowest BCUT2D eigenvalue weighted by atomic mass is 9.77. The third-order valence-electron chi connectivity index (χ3n) is 4.13. The molecule has 2 N–H and O–H groups in total. The van der Waals surface area contributed by atoms with Crippen molar-refractivity contribution in [3.63, 3.8) is 0 Å². The van der Waals surface area contributed by atoms with Gasteiger partial charge in [-0.25, -0.2) is 13.6 Å². The Kier molecular flexibility index (Phi) is 3.16. The van der Waals surface area contributed by atoms with E-state index in [0.29, 0.717) is 18.9 Å². The van der Waals surface area contributed by atoms with Crippen LogP contribution >= 0.6 is 0 Å². The molecule has 0 aromatic heterocycles. The van der Waals surface area contributed by atoms with Crippen molar-refractivity contribution in [1.82, 2.24) is 10.2 Å². The zero-order valence-corrected chi connectivity index (χ0v) is 11.1. The van der Waals surface area contributed by atoms with Gasteiger partial charge in [0.15, 0.2) is 0 Å². The van der Waals surface area contributed by atoms with Crippen molar-refractivity contribution < 1.29 is 23.5 Å². The fourth-order valence-electron chi connectivity index (χ4n) is 2.75. The number of nitrogens with zero attached hydrogens (tertiary/aromatic N) is 1. The quantitative estimate of drug-likeness (QED) is 0.830. The third kappa shape index (κ3) is 2.17. The molecule has 1 atom stereocenters. The van der Waals surface area contributed by atoms with Crippen LogP contribution < -0.4 is 5.32 Å². The van der Waals surface area contributed by atoms with Gasteiger partial charge in [-0.15, -0.1) is 0 Å². The van der Waals surface area contributed by atoms with E-state index >= 15 is 0 Å². The maximum atomic E-state index is 13.6. The second-order valence-corrected chi connectivity index (χ2v) is 5.46. The van der Waals surface area contributed by atoms with E-state index in [1.54, 1.807) is 0 Å². The molecule has 0 bridgehead atoms. The summed E-state index contributed by atoms with van der Waals surface area (Å²) in [6.07, 6.45) is 0.620. The lowest BCUT2D eigenvalue weighted by Crippen LogP contribution is -2.52. The molecule has 1 heterocycles. The minimum Gasteiger partial charge on any atom is -0.386 e. The highest BCUT2D eigenvalue weighted by atomic mass is 19.1. The fraction of sp³-hybridized carbons (Fsp3) is 0.429. The number of urea groups is 1. The highest BCUT2D eigenvalue weighted by Gasteiger charge is 2.54. The number of halogens is 2. The van der Waals surface area contributed by atoms with Crippen LogP contribution in [0.1, 0.15) is 30.9 Å². The summed E-state index contributed by atoms with van der Waals surface area (Å²) in [7, 11) is 0. The Morgan fingerprint density at radius 1 is 1.33 bits per heavy atom. The van der Waals surface area contributed by atoms with Gasteiger partial charge in [0.25, 0.3) is 5.91 Å². The van der Waals surface area contributed by atoms with Crippen LogP contribution in [0.2, 0.25) is 0 Å². The number of amides is 3. The van der Waals surface area contributed by atoms with Gasteiger partial charge in [-0.2, -0.15) is 0 Å². The third-order valence-corrected chi connectivity index (χ3v) is 4.13. The maximum absolute atomic E-state index is 13.6. The van der Waals surface area contributed by atoms with Crippen molar-refractivity contribution in [2.45, 2.75) is 30.9 Å². The topological polar surface area (TPSA) is 69.6 Å². The summed E-state index contributed by atoms with van der Waals surface area (Å²) in [5, 5.41) is 12.6. The number of aliphatic hydroxyl groups excluding tert-OH is 1. The molecule has 1 aromatic carbocycles. The first-order chi connectivity index (χ1) is 9.93. The van der Waals surface area contributed by atoms with Crippen molar-refractivity contribution in [3.05, 3.63) is 35.4 Å². The lowest BCUT2D eigenvalue weighted by Gasteiger charge is -2.35. The van der Waals surface area contributed by atoms with Crippen molar-refractivity contribution in [3.8, 4) is 0 Å². The van der Waals surface area contributed by atoms with Crippen LogP contribution in [-0.4, -0.2) is 34.0 Å². The monoisotopic (exact) mass is 296 g/mol. The Morgan fingerprint density at radius 2 is 2.05 bits per heavy atom. The van der Waals surface area contributed by atoms with Gasteiger partial charge in [0.2, 0.25) is 0 Å². The largest absolute Gasteiger partial charge is 0.386 e. The van der Waals surface area contributed by atoms with Crippen LogP contribution in [0, 0.1) is 11.6 Å². The summed E-state index contributed by atoms with van der Waals surface area (Å²) < 4.78 is 26.4. The van der Waals surface area contributed by atoms with E-state index < -0.39 is 29.3 Å². The molecule has 1 aromatic rings. The number of carbonyl (C=O) groups is 2. The van der Waals surface area contributed by atoms with Crippen LogP contribution in [0.3, 0.4) is 0 Å². The van der Waals surface area contributed by atoms with E-state index in [2.05, 4.69) is 5.32 Å². The van der Waals surface area contributed by atoms with E-state index in [-0.39, 0.29) is 18.0 Å². The van der Waals surface area contributed by atoms with E-state index in [0.717, 1.165) is 23.5 Å². The first-order valence-electron chi connectivity index (χ1n) is 6.70. The van der Waals surface area contributed by atoms with E-state index in [1.807, 2.05) is 0 Å². The Bertz CT molecular complexity index is 616. The van der Waals surface area contributed by atoms with Gasteiger partial charge in [0.1, 0.15) is 17.2 Å². The summed E-state index contributed by atoms with van der Waals surface area (Å²) >= 11 is 0. The highest BCUT2D eigenvalue weighted by Crippen LogP contribution is 2.37. The predicted molar refractivity (Wildman–Crippen MR) is 68.1 cm³/mol. The summed E-state index contributed by atoms with van der Waals surface area (Å²) in [6.45, 7) is -0.352. The van der Waals surface area contributed by atoms with Crippen molar-refractivity contribution in [2.75, 3.05) is 6.54 Å². The molecule has 3 rings (SSSR count). The van der Waals surface area contributed by atoms with Crippen LogP contribution in [0.15, 0.2) is 18.2 Å². The molecule has 2 aliphatic rings. The molecule has 1 saturated heterocycles. The van der Waals surface area contributed by atoms with Gasteiger partial charge in [-0.3, -0.25) is 9.69 Å². The second-order valence-electron chi connectivity index (χ2n) is 5.46. The van der Waals surface area contributed by atoms with Crippen molar-refractivity contribution in [1.29, 1.82) is 0 Å². The lowest BCUT2D eigenvalue weighted by molar-refractivity contribution is -0.135. The number of β-amino-alcohol motifs (C(OH)–C–C–N with tert-alkyl or cyclic N) is 1. The molecule has 1 spiro atoms.